The van der Waals surface area contributed by atoms with Crippen molar-refractivity contribution >= 4 is 11.6 Å². The first-order chi connectivity index (χ1) is 10.2. The van der Waals surface area contributed by atoms with Gasteiger partial charge in [0, 0.05) is 7.11 Å². The van der Waals surface area contributed by atoms with Crippen LogP contribution in [-0.4, -0.2) is 13.2 Å². The Bertz CT molecular complexity index is 580. The zero-order valence-corrected chi connectivity index (χ0v) is 12.5. The minimum Gasteiger partial charge on any atom is -0.375 e. The molecule has 0 aliphatic heterocycles. The molecular formula is C16H18ClFN2O. The number of hydrogen-bond donors (Lipinski definition) is 2. The van der Waals surface area contributed by atoms with E-state index in [2.05, 4.69) is 5.43 Å². The second kappa shape index (κ2) is 7.52. The van der Waals surface area contributed by atoms with Gasteiger partial charge in [0.25, 0.3) is 0 Å². The van der Waals surface area contributed by atoms with Crippen LogP contribution in [0.15, 0.2) is 48.5 Å². The molecular weight excluding hydrogens is 291 g/mol. The lowest BCUT2D eigenvalue weighted by Crippen LogP contribution is -2.42. The van der Waals surface area contributed by atoms with Crippen LogP contribution < -0.4 is 11.3 Å². The molecule has 0 aliphatic rings. The normalized spacial score (nSPS) is 13.9. The number of methoxy groups -OCH3 is 1. The Morgan fingerprint density at radius 2 is 1.95 bits per heavy atom. The average molecular weight is 309 g/mol. The molecule has 112 valence electrons. The van der Waals surface area contributed by atoms with Crippen LogP contribution in [0.4, 0.5) is 4.39 Å². The van der Waals surface area contributed by atoms with Crippen LogP contribution in [0.5, 0.6) is 0 Å². The topological polar surface area (TPSA) is 47.3 Å². The Morgan fingerprint density at radius 3 is 2.52 bits per heavy atom. The van der Waals surface area contributed by atoms with Gasteiger partial charge in [-0.15, -0.1) is 0 Å². The fourth-order valence-electron chi connectivity index (χ4n) is 2.35. The molecule has 0 spiro atoms. The van der Waals surface area contributed by atoms with E-state index in [-0.39, 0.29) is 17.2 Å². The molecule has 0 aromatic heterocycles. The van der Waals surface area contributed by atoms with Gasteiger partial charge in [0.1, 0.15) is 5.82 Å². The summed E-state index contributed by atoms with van der Waals surface area (Å²) >= 11 is 5.70. The van der Waals surface area contributed by atoms with Gasteiger partial charge in [-0.25, -0.2) is 4.39 Å². The number of hydrazine groups is 1. The molecule has 2 unspecified atom stereocenters. The summed E-state index contributed by atoms with van der Waals surface area (Å²) in [6, 6.07) is 14.3. The first-order valence-corrected chi connectivity index (χ1v) is 7.01. The van der Waals surface area contributed by atoms with Crippen LogP contribution in [0.1, 0.15) is 17.2 Å². The van der Waals surface area contributed by atoms with Crippen LogP contribution in [0.25, 0.3) is 0 Å². The Kier molecular flexibility index (Phi) is 5.70. The smallest absolute Gasteiger partial charge is 0.142 e. The van der Waals surface area contributed by atoms with E-state index in [9.17, 15) is 4.39 Å². The number of ether oxygens (including phenoxy) is 1. The molecule has 3 N–H and O–H groups in total. The summed E-state index contributed by atoms with van der Waals surface area (Å²) in [5.74, 6) is 5.22. The first kappa shape index (κ1) is 15.9. The quantitative estimate of drug-likeness (QED) is 0.636. The van der Waals surface area contributed by atoms with Crippen LogP contribution in [0.2, 0.25) is 5.02 Å². The predicted octanol–water partition coefficient (Wildman–Crippen LogP) is 3.24. The summed E-state index contributed by atoms with van der Waals surface area (Å²) in [6.45, 7) is 0. The maximum atomic E-state index is 13.5. The van der Waals surface area contributed by atoms with Crippen molar-refractivity contribution in [2.24, 2.45) is 5.84 Å². The number of hydrogen-bond acceptors (Lipinski definition) is 3. The van der Waals surface area contributed by atoms with Crippen molar-refractivity contribution in [3.63, 3.8) is 0 Å². The molecule has 2 aromatic rings. The van der Waals surface area contributed by atoms with E-state index < -0.39 is 5.82 Å². The zero-order valence-electron chi connectivity index (χ0n) is 11.7. The highest BCUT2D eigenvalue weighted by Crippen LogP contribution is 2.24. The minimum atomic E-state index is -0.432. The second-order valence-electron chi connectivity index (χ2n) is 4.79. The number of nitrogens with two attached hydrogens (primary N) is 1. The third kappa shape index (κ3) is 4.02. The second-order valence-corrected chi connectivity index (χ2v) is 5.20. The molecule has 0 bridgehead atoms. The van der Waals surface area contributed by atoms with Crippen LogP contribution in [-0.2, 0) is 11.2 Å². The van der Waals surface area contributed by atoms with Gasteiger partial charge < -0.3 is 4.74 Å². The molecule has 0 fully saturated rings. The number of halogens is 2. The number of nitrogens with one attached hydrogen (secondary N) is 1. The molecule has 5 heteroatoms. The molecule has 0 radical (unpaired) electrons. The zero-order chi connectivity index (χ0) is 15.2. The summed E-state index contributed by atoms with van der Waals surface area (Å²) < 4.78 is 19.1. The highest BCUT2D eigenvalue weighted by Gasteiger charge is 2.22. The van der Waals surface area contributed by atoms with Gasteiger partial charge >= 0.3 is 0 Å². The summed E-state index contributed by atoms with van der Waals surface area (Å²) in [5.41, 5.74) is 4.57. The summed E-state index contributed by atoms with van der Waals surface area (Å²) in [5, 5.41) is 0.113. The molecule has 0 saturated heterocycles. The Labute approximate surface area is 128 Å². The minimum absolute atomic E-state index is 0.113. The fraction of sp³-hybridized carbons (Fsp3) is 0.250. The van der Waals surface area contributed by atoms with Crippen LogP contribution >= 0.6 is 11.6 Å². The number of rotatable bonds is 6. The third-order valence-electron chi connectivity index (χ3n) is 3.40. The summed E-state index contributed by atoms with van der Waals surface area (Å²) in [4.78, 5) is 0. The maximum Gasteiger partial charge on any atom is 0.142 e. The van der Waals surface area contributed by atoms with E-state index in [0.29, 0.717) is 6.42 Å². The Balaban J connectivity index is 2.19. The van der Waals surface area contributed by atoms with Crippen molar-refractivity contribution in [3.8, 4) is 0 Å². The van der Waals surface area contributed by atoms with Crippen molar-refractivity contribution in [3.05, 3.63) is 70.5 Å². The molecule has 0 saturated carbocycles. The lowest BCUT2D eigenvalue weighted by atomic mass is 9.96. The Morgan fingerprint density at radius 1 is 1.24 bits per heavy atom. The molecule has 2 atom stereocenters. The molecule has 0 aliphatic carbocycles. The van der Waals surface area contributed by atoms with E-state index in [1.807, 2.05) is 30.3 Å². The summed E-state index contributed by atoms with van der Waals surface area (Å²) in [7, 11) is 1.63. The lowest BCUT2D eigenvalue weighted by Gasteiger charge is -2.26. The van der Waals surface area contributed by atoms with Crippen molar-refractivity contribution in [2.75, 3.05) is 7.11 Å². The van der Waals surface area contributed by atoms with Crippen molar-refractivity contribution < 1.29 is 9.13 Å². The lowest BCUT2D eigenvalue weighted by molar-refractivity contribution is 0.0678. The highest BCUT2D eigenvalue weighted by molar-refractivity contribution is 6.30. The van der Waals surface area contributed by atoms with Crippen LogP contribution in [0.3, 0.4) is 0 Å². The summed E-state index contributed by atoms with van der Waals surface area (Å²) in [6.07, 6.45) is 0.299. The number of benzene rings is 2. The average Bonchev–Trinajstić information content (AvgIpc) is 2.51. The van der Waals surface area contributed by atoms with Crippen molar-refractivity contribution in [2.45, 2.75) is 18.6 Å². The van der Waals surface area contributed by atoms with E-state index in [1.54, 1.807) is 19.2 Å². The van der Waals surface area contributed by atoms with Crippen molar-refractivity contribution in [1.82, 2.24) is 5.43 Å². The largest absolute Gasteiger partial charge is 0.375 e. The Hall–Kier alpha value is -1.46. The van der Waals surface area contributed by atoms with Gasteiger partial charge in [-0.2, -0.15) is 0 Å². The first-order valence-electron chi connectivity index (χ1n) is 6.63. The van der Waals surface area contributed by atoms with Crippen LogP contribution in [0, 0.1) is 5.82 Å². The highest BCUT2D eigenvalue weighted by atomic mass is 35.5. The molecule has 21 heavy (non-hydrogen) atoms. The molecule has 0 amide bonds. The van der Waals surface area contributed by atoms with Crippen molar-refractivity contribution in [1.29, 1.82) is 0 Å². The van der Waals surface area contributed by atoms with E-state index in [4.69, 9.17) is 22.2 Å². The molecule has 0 heterocycles. The SMILES string of the molecule is COC(c1ccccc1)C(Cc1ccc(Cl)c(F)c1)NN. The predicted molar refractivity (Wildman–Crippen MR) is 82.4 cm³/mol. The fourth-order valence-corrected chi connectivity index (χ4v) is 2.47. The van der Waals surface area contributed by atoms with E-state index >= 15 is 0 Å². The van der Waals surface area contributed by atoms with E-state index in [0.717, 1.165) is 11.1 Å². The van der Waals surface area contributed by atoms with Gasteiger partial charge in [0.15, 0.2) is 0 Å². The molecule has 3 nitrogen and oxygen atoms in total. The standard InChI is InChI=1S/C16H18ClFN2O/c1-21-16(12-5-3-2-4-6-12)15(20-19)10-11-7-8-13(17)14(18)9-11/h2-9,15-16,20H,10,19H2,1H3. The molecule has 2 rings (SSSR count). The van der Waals surface area contributed by atoms with Gasteiger partial charge in [0.2, 0.25) is 0 Å². The molecule has 2 aromatic carbocycles. The maximum absolute atomic E-state index is 13.5. The van der Waals surface area contributed by atoms with Gasteiger partial charge in [-0.05, 0) is 29.7 Å². The van der Waals surface area contributed by atoms with E-state index in [1.165, 1.54) is 6.07 Å². The monoisotopic (exact) mass is 308 g/mol. The third-order valence-corrected chi connectivity index (χ3v) is 3.71. The van der Waals surface area contributed by atoms with Gasteiger partial charge in [0.05, 0.1) is 17.2 Å². The van der Waals surface area contributed by atoms with Gasteiger partial charge in [-0.1, -0.05) is 48.0 Å². The van der Waals surface area contributed by atoms with Gasteiger partial charge in [-0.3, -0.25) is 11.3 Å².